The van der Waals surface area contributed by atoms with Crippen molar-refractivity contribution in [3.8, 4) is 0 Å². The number of hydrogen-bond donors (Lipinski definition) is 2. The maximum Gasteiger partial charge on any atom is 0.123 e. The van der Waals surface area contributed by atoms with Gasteiger partial charge in [-0.3, -0.25) is 0 Å². The van der Waals surface area contributed by atoms with Crippen molar-refractivity contribution in [3.05, 3.63) is 35.8 Å². The SMILES string of the molecule is NC1CCC(c2c[nH]c3ccc(F)cc23)CC1. The Kier molecular flexibility index (Phi) is 2.63. The quantitative estimate of drug-likeness (QED) is 0.778. The standard InChI is InChI=1S/C14H17FN2/c15-10-3-6-14-12(7-10)13(8-17-14)9-1-4-11(16)5-2-9/h3,6-9,11,17H,1-2,4-5,16H2. The summed E-state index contributed by atoms with van der Waals surface area (Å²) in [5.41, 5.74) is 8.20. The number of aromatic nitrogens is 1. The van der Waals surface area contributed by atoms with Gasteiger partial charge in [0.2, 0.25) is 0 Å². The van der Waals surface area contributed by atoms with E-state index in [4.69, 9.17) is 5.73 Å². The summed E-state index contributed by atoms with van der Waals surface area (Å²) in [5.74, 6) is 0.371. The fraction of sp³-hybridized carbons (Fsp3) is 0.429. The largest absolute Gasteiger partial charge is 0.361 e. The molecule has 0 atom stereocenters. The molecule has 1 aromatic heterocycles. The van der Waals surface area contributed by atoms with E-state index in [1.807, 2.05) is 12.3 Å². The second-order valence-electron chi connectivity index (χ2n) is 5.05. The number of fused-ring (bicyclic) bond motifs is 1. The summed E-state index contributed by atoms with van der Waals surface area (Å²) in [6.45, 7) is 0. The van der Waals surface area contributed by atoms with Crippen LogP contribution in [0.1, 0.15) is 37.2 Å². The molecule has 3 N–H and O–H groups in total. The highest BCUT2D eigenvalue weighted by Crippen LogP contribution is 2.36. The number of nitrogens with two attached hydrogens (primary N) is 1. The predicted molar refractivity (Wildman–Crippen MR) is 67.4 cm³/mol. The van der Waals surface area contributed by atoms with E-state index < -0.39 is 0 Å². The van der Waals surface area contributed by atoms with Gasteiger partial charge in [0, 0.05) is 23.1 Å². The Morgan fingerprint density at radius 1 is 1.18 bits per heavy atom. The lowest BCUT2D eigenvalue weighted by molar-refractivity contribution is 0.397. The first-order valence-electron chi connectivity index (χ1n) is 6.26. The summed E-state index contributed by atoms with van der Waals surface area (Å²) < 4.78 is 13.3. The Morgan fingerprint density at radius 3 is 2.71 bits per heavy atom. The zero-order valence-corrected chi connectivity index (χ0v) is 9.75. The number of halogens is 1. The lowest BCUT2D eigenvalue weighted by Gasteiger charge is -2.25. The van der Waals surface area contributed by atoms with E-state index in [1.54, 1.807) is 6.07 Å². The molecule has 0 saturated heterocycles. The van der Waals surface area contributed by atoms with Gasteiger partial charge in [0.25, 0.3) is 0 Å². The van der Waals surface area contributed by atoms with Crippen molar-refractivity contribution in [2.24, 2.45) is 5.73 Å². The normalized spacial score (nSPS) is 25.3. The van der Waals surface area contributed by atoms with Gasteiger partial charge in [-0.2, -0.15) is 0 Å². The van der Waals surface area contributed by atoms with Gasteiger partial charge >= 0.3 is 0 Å². The van der Waals surface area contributed by atoms with Gasteiger partial charge in [-0.25, -0.2) is 4.39 Å². The third kappa shape index (κ3) is 1.95. The van der Waals surface area contributed by atoms with Gasteiger partial charge in [-0.05, 0) is 55.4 Å². The van der Waals surface area contributed by atoms with Crippen molar-refractivity contribution in [3.63, 3.8) is 0 Å². The van der Waals surface area contributed by atoms with E-state index in [2.05, 4.69) is 4.98 Å². The number of nitrogens with one attached hydrogen (secondary N) is 1. The van der Waals surface area contributed by atoms with Crippen LogP contribution >= 0.6 is 0 Å². The molecule has 90 valence electrons. The summed E-state index contributed by atoms with van der Waals surface area (Å²) >= 11 is 0. The van der Waals surface area contributed by atoms with Crippen molar-refractivity contribution in [1.82, 2.24) is 4.98 Å². The molecule has 3 heteroatoms. The van der Waals surface area contributed by atoms with Gasteiger partial charge in [0.1, 0.15) is 5.82 Å². The maximum absolute atomic E-state index is 13.3. The molecule has 2 aromatic rings. The minimum absolute atomic E-state index is 0.161. The summed E-state index contributed by atoms with van der Waals surface area (Å²) in [6, 6.07) is 5.30. The highest BCUT2D eigenvalue weighted by Gasteiger charge is 2.22. The van der Waals surface area contributed by atoms with Crippen LogP contribution in [0, 0.1) is 5.82 Å². The highest BCUT2D eigenvalue weighted by molar-refractivity contribution is 5.83. The molecule has 17 heavy (non-hydrogen) atoms. The molecule has 1 fully saturated rings. The summed E-state index contributed by atoms with van der Waals surface area (Å²) in [4.78, 5) is 3.23. The fourth-order valence-corrected chi connectivity index (χ4v) is 2.88. The number of H-pyrrole nitrogens is 1. The third-order valence-electron chi connectivity index (χ3n) is 3.89. The van der Waals surface area contributed by atoms with Crippen LogP contribution in [0.3, 0.4) is 0 Å². The van der Waals surface area contributed by atoms with Crippen LogP contribution in [0.25, 0.3) is 10.9 Å². The van der Waals surface area contributed by atoms with Crippen LogP contribution in [0.15, 0.2) is 24.4 Å². The zero-order valence-electron chi connectivity index (χ0n) is 9.75. The van der Waals surface area contributed by atoms with Crippen LogP contribution in [0.5, 0.6) is 0 Å². The van der Waals surface area contributed by atoms with E-state index in [1.165, 1.54) is 11.6 Å². The van der Waals surface area contributed by atoms with E-state index in [0.717, 1.165) is 36.6 Å². The Hall–Kier alpha value is -1.35. The van der Waals surface area contributed by atoms with Crippen LogP contribution in [0.2, 0.25) is 0 Å². The molecule has 2 nitrogen and oxygen atoms in total. The number of hydrogen-bond acceptors (Lipinski definition) is 1. The summed E-state index contributed by atoms with van der Waals surface area (Å²) in [5, 5.41) is 1.03. The molecule has 0 radical (unpaired) electrons. The van der Waals surface area contributed by atoms with E-state index >= 15 is 0 Å². The summed E-state index contributed by atoms with van der Waals surface area (Å²) in [6.07, 6.45) is 6.42. The molecule has 0 bridgehead atoms. The molecule has 1 aromatic carbocycles. The first-order chi connectivity index (χ1) is 8.24. The minimum atomic E-state index is -0.161. The third-order valence-corrected chi connectivity index (χ3v) is 3.89. The Bertz CT molecular complexity index is 524. The number of aromatic amines is 1. The minimum Gasteiger partial charge on any atom is -0.361 e. The smallest absolute Gasteiger partial charge is 0.123 e. The molecule has 0 unspecified atom stereocenters. The monoisotopic (exact) mass is 232 g/mol. The Balaban J connectivity index is 1.97. The van der Waals surface area contributed by atoms with Crippen molar-refractivity contribution >= 4 is 10.9 Å². The molecular weight excluding hydrogens is 215 g/mol. The van der Waals surface area contributed by atoms with Crippen LogP contribution < -0.4 is 5.73 Å². The second-order valence-corrected chi connectivity index (χ2v) is 5.05. The molecule has 0 amide bonds. The number of benzene rings is 1. The van der Waals surface area contributed by atoms with Crippen molar-refractivity contribution in [2.45, 2.75) is 37.6 Å². The van der Waals surface area contributed by atoms with Gasteiger partial charge in [-0.15, -0.1) is 0 Å². The Labute approximate surface area is 100 Å². The van der Waals surface area contributed by atoms with Gasteiger partial charge in [0.15, 0.2) is 0 Å². The first kappa shape index (κ1) is 10.8. The fourth-order valence-electron chi connectivity index (χ4n) is 2.88. The van der Waals surface area contributed by atoms with Gasteiger partial charge < -0.3 is 10.7 Å². The van der Waals surface area contributed by atoms with E-state index in [-0.39, 0.29) is 5.82 Å². The topological polar surface area (TPSA) is 41.8 Å². The summed E-state index contributed by atoms with van der Waals surface area (Å²) in [7, 11) is 0. The molecule has 0 aliphatic heterocycles. The second kappa shape index (κ2) is 4.15. The predicted octanol–water partition coefficient (Wildman–Crippen LogP) is 3.29. The molecule has 1 aliphatic rings. The zero-order chi connectivity index (χ0) is 11.8. The van der Waals surface area contributed by atoms with Crippen molar-refractivity contribution < 1.29 is 4.39 Å². The first-order valence-corrected chi connectivity index (χ1v) is 6.26. The molecular formula is C14H17FN2. The van der Waals surface area contributed by atoms with Crippen LogP contribution in [-0.4, -0.2) is 11.0 Å². The average Bonchev–Trinajstić information content (AvgIpc) is 2.73. The van der Waals surface area contributed by atoms with Crippen molar-refractivity contribution in [1.29, 1.82) is 0 Å². The maximum atomic E-state index is 13.3. The lowest BCUT2D eigenvalue weighted by atomic mass is 9.82. The van der Waals surface area contributed by atoms with Crippen molar-refractivity contribution in [2.75, 3.05) is 0 Å². The molecule has 1 heterocycles. The molecule has 1 aliphatic carbocycles. The van der Waals surface area contributed by atoms with E-state index in [9.17, 15) is 4.39 Å². The average molecular weight is 232 g/mol. The van der Waals surface area contributed by atoms with Crippen LogP contribution in [0.4, 0.5) is 4.39 Å². The van der Waals surface area contributed by atoms with Gasteiger partial charge in [-0.1, -0.05) is 0 Å². The number of rotatable bonds is 1. The molecule has 3 rings (SSSR count). The Morgan fingerprint density at radius 2 is 1.94 bits per heavy atom. The van der Waals surface area contributed by atoms with Crippen LogP contribution in [-0.2, 0) is 0 Å². The van der Waals surface area contributed by atoms with Gasteiger partial charge in [0.05, 0.1) is 0 Å². The van der Waals surface area contributed by atoms with E-state index in [0.29, 0.717) is 12.0 Å². The lowest BCUT2D eigenvalue weighted by Crippen LogP contribution is -2.25. The molecule has 0 spiro atoms. The highest BCUT2D eigenvalue weighted by atomic mass is 19.1. The molecule has 1 saturated carbocycles.